The van der Waals surface area contributed by atoms with Crippen LogP contribution < -0.4 is 5.32 Å². The highest BCUT2D eigenvalue weighted by Crippen LogP contribution is 2.33. The highest BCUT2D eigenvalue weighted by Gasteiger charge is 2.53. The predicted molar refractivity (Wildman–Crippen MR) is 323 cm³/mol. The molecular formula is C65H121NO18. The third-order valence-electron chi connectivity index (χ3n) is 17.0. The van der Waals surface area contributed by atoms with Gasteiger partial charge in [-0.05, 0) is 44.9 Å². The molecule has 12 N–H and O–H groups in total. The van der Waals surface area contributed by atoms with Crippen LogP contribution in [0, 0.1) is 0 Å². The maximum absolute atomic E-state index is 13.4. The Kier molecular flexibility index (Phi) is 43.9. The van der Waals surface area contributed by atoms with Crippen molar-refractivity contribution in [2.75, 3.05) is 26.4 Å². The molecule has 17 atom stereocenters. The van der Waals surface area contributed by atoms with E-state index in [4.69, 9.17) is 28.4 Å². The van der Waals surface area contributed by atoms with Crippen LogP contribution in [0.3, 0.4) is 0 Å². The van der Waals surface area contributed by atoms with Crippen molar-refractivity contribution in [3.63, 3.8) is 0 Å². The molecule has 3 saturated heterocycles. The Morgan fingerprint density at radius 2 is 0.786 bits per heavy atom. The first-order valence-electron chi connectivity index (χ1n) is 33.6. The van der Waals surface area contributed by atoms with Gasteiger partial charge in [-0.1, -0.05) is 224 Å². The number of amides is 1. The summed E-state index contributed by atoms with van der Waals surface area (Å²) in [5, 5.41) is 120. The molecule has 0 saturated carbocycles. The lowest BCUT2D eigenvalue weighted by molar-refractivity contribution is -0.379. The van der Waals surface area contributed by atoms with Gasteiger partial charge in [0.1, 0.15) is 73.2 Å². The van der Waals surface area contributed by atoms with Crippen LogP contribution >= 0.6 is 0 Å². The van der Waals surface area contributed by atoms with Crippen molar-refractivity contribution in [2.24, 2.45) is 0 Å². The molecular weight excluding hydrogens is 1080 g/mol. The van der Waals surface area contributed by atoms with Gasteiger partial charge in [-0.3, -0.25) is 4.79 Å². The van der Waals surface area contributed by atoms with Gasteiger partial charge in [0, 0.05) is 6.42 Å². The molecule has 0 spiro atoms. The standard InChI is InChI=1S/C65H121NO18/c1-3-5-7-9-11-13-15-17-19-20-21-22-23-24-25-26-27-28-29-31-33-35-37-39-41-43-53(71)66-48(49(70)42-40-38-36-34-32-30-18-16-14-12-10-8-6-4-2)47-79-63-59(77)56(74)61(51(45-68)81-63)84-65-60(78)57(75)62(52(46-69)82-65)83-64-58(76)55(73)54(72)50(44-67)80-64/h15,17,20-21,48-52,54-65,67-70,72-78H,3-14,16,18-19,22-47H2,1-2H3,(H,66,71)/b17-15-,21-20-. The lowest BCUT2D eigenvalue weighted by atomic mass is 9.96. The van der Waals surface area contributed by atoms with Crippen LogP contribution in [-0.2, 0) is 33.2 Å². The number of carbonyl (C=O) groups is 1. The molecule has 0 radical (unpaired) electrons. The maximum Gasteiger partial charge on any atom is 0.220 e. The van der Waals surface area contributed by atoms with Gasteiger partial charge in [-0.25, -0.2) is 0 Å². The average Bonchev–Trinajstić information content (AvgIpc) is 3.68. The molecule has 3 heterocycles. The molecule has 1 amide bonds. The number of hydrogen-bond acceptors (Lipinski definition) is 18. The van der Waals surface area contributed by atoms with Crippen molar-refractivity contribution in [2.45, 2.75) is 356 Å². The smallest absolute Gasteiger partial charge is 0.220 e. The van der Waals surface area contributed by atoms with Gasteiger partial charge in [0.2, 0.25) is 5.91 Å². The summed E-state index contributed by atoms with van der Waals surface area (Å²) in [6, 6.07) is -0.885. The Bertz CT molecular complexity index is 1630. The van der Waals surface area contributed by atoms with Crippen LogP contribution in [0.2, 0.25) is 0 Å². The summed E-state index contributed by atoms with van der Waals surface area (Å²) in [7, 11) is 0. The molecule has 19 nitrogen and oxygen atoms in total. The summed E-state index contributed by atoms with van der Waals surface area (Å²) in [5.41, 5.74) is 0. The zero-order valence-electron chi connectivity index (χ0n) is 51.9. The van der Waals surface area contributed by atoms with Gasteiger partial charge < -0.3 is 89.9 Å². The molecule has 84 heavy (non-hydrogen) atoms. The maximum atomic E-state index is 13.4. The van der Waals surface area contributed by atoms with Gasteiger partial charge in [-0.2, -0.15) is 0 Å². The number of nitrogens with one attached hydrogen (secondary N) is 1. The van der Waals surface area contributed by atoms with E-state index in [0.29, 0.717) is 12.8 Å². The van der Waals surface area contributed by atoms with Crippen LogP contribution in [0.5, 0.6) is 0 Å². The quantitative estimate of drug-likeness (QED) is 0.0204. The zero-order chi connectivity index (χ0) is 61.2. The van der Waals surface area contributed by atoms with Crippen molar-refractivity contribution in [1.29, 1.82) is 0 Å². The number of aliphatic hydroxyl groups excluding tert-OH is 11. The minimum Gasteiger partial charge on any atom is -0.394 e. The van der Waals surface area contributed by atoms with E-state index in [1.54, 1.807) is 0 Å². The van der Waals surface area contributed by atoms with Gasteiger partial charge in [0.05, 0.1) is 38.6 Å². The summed E-state index contributed by atoms with van der Waals surface area (Å²) in [6.07, 6.45) is 25.4. The SMILES string of the molecule is CCCCCCC/C=C\C/C=C\CCCCCCCCCCCCCCCC(=O)NC(COC1OC(CO)C(OC2OC(CO)C(OC3OC(CO)C(O)C(O)C3O)C(O)C2O)C(O)C1O)C(O)CCCCCCCCCCCCCCCC. The zero-order valence-corrected chi connectivity index (χ0v) is 51.9. The Balaban J connectivity index is 1.42. The summed E-state index contributed by atoms with van der Waals surface area (Å²) >= 11 is 0. The number of unbranched alkanes of at least 4 members (excludes halogenated alkanes) is 31. The van der Waals surface area contributed by atoms with E-state index in [2.05, 4.69) is 43.5 Å². The van der Waals surface area contributed by atoms with Crippen molar-refractivity contribution < 1.29 is 89.4 Å². The summed E-state index contributed by atoms with van der Waals surface area (Å²) in [4.78, 5) is 13.4. The number of aliphatic hydroxyl groups is 11. The summed E-state index contributed by atoms with van der Waals surface area (Å²) < 4.78 is 34.4. The van der Waals surface area contributed by atoms with Crippen molar-refractivity contribution in [1.82, 2.24) is 5.32 Å². The number of carbonyl (C=O) groups excluding carboxylic acids is 1. The molecule has 0 aromatic heterocycles. The fourth-order valence-electron chi connectivity index (χ4n) is 11.5. The van der Waals surface area contributed by atoms with E-state index < -0.39 is 124 Å². The molecule has 3 fully saturated rings. The van der Waals surface area contributed by atoms with E-state index in [1.807, 2.05) is 0 Å². The van der Waals surface area contributed by atoms with Crippen LogP contribution in [0.15, 0.2) is 24.3 Å². The second kappa shape index (κ2) is 48.2. The van der Waals surface area contributed by atoms with Crippen LogP contribution in [0.4, 0.5) is 0 Å². The van der Waals surface area contributed by atoms with Crippen molar-refractivity contribution in [3.05, 3.63) is 24.3 Å². The molecule has 0 aliphatic carbocycles. The van der Waals surface area contributed by atoms with Crippen LogP contribution in [-0.4, -0.2) is 193 Å². The topological polar surface area (TPSA) is 307 Å². The van der Waals surface area contributed by atoms with E-state index in [1.165, 1.54) is 167 Å². The summed E-state index contributed by atoms with van der Waals surface area (Å²) in [6.45, 7) is 1.80. The van der Waals surface area contributed by atoms with Gasteiger partial charge >= 0.3 is 0 Å². The summed E-state index contributed by atoms with van der Waals surface area (Å²) in [5.74, 6) is -0.242. The van der Waals surface area contributed by atoms with Crippen molar-refractivity contribution >= 4 is 5.91 Å². The van der Waals surface area contributed by atoms with E-state index >= 15 is 0 Å². The molecule has 19 heteroatoms. The average molecular weight is 1200 g/mol. The molecule has 494 valence electrons. The lowest BCUT2D eigenvalue weighted by Crippen LogP contribution is -2.66. The van der Waals surface area contributed by atoms with Crippen LogP contribution in [0.25, 0.3) is 0 Å². The van der Waals surface area contributed by atoms with E-state index in [0.717, 1.165) is 51.4 Å². The number of ether oxygens (including phenoxy) is 6. The highest BCUT2D eigenvalue weighted by atomic mass is 16.8. The fourth-order valence-corrected chi connectivity index (χ4v) is 11.5. The monoisotopic (exact) mass is 1200 g/mol. The minimum absolute atomic E-state index is 0.242. The molecule has 3 aliphatic rings. The lowest BCUT2D eigenvalue weighted by Gasteiger charge is -2.48. The highest BCUT2D eigenvalue weighted by molar-refractivity contribution is 5.76. The number of allylic oxidation sites excluding steroid dienone is 4. The first-order chi connectivity index (χ1) is 40.8. The Morgan fingerprint density at radius 3 is 1.21 bits per heavy atom. The molecule has 17 unspecified atom stereocenters. The number of rotatable bonds is 51. The van der Waals surface area contributed by atoms with Gasteiger partial charge in [0.15, 0.2) is 18.9 Å². The largest absolute Gasteiger partial charge is 0.394 e. The molecule has 3 aliphatic heterocycles. The second-order valence-electron chi connectivity index (χ2n) is 24.3. The Hall–Kier alpha value is -1.73. The first kappa shape index (κ1) is 76.5. The third-order valence-corrected chi connectivity index (χ3v) is 17.0. The van der Waals surface area contributed by atoms with Gasteiger partial charge in [-0.15, -0.1) is 0 Å². The normalized spacial score (nSPS) is 29.3. The molecule has 0 bridgehead atoms. The Labute approximate surface area is 505 Å². The first-order valence-corrected chi connectivity index (χ1v) is 33.6. The van der Waals surface area contributed by atoms with E-state index in [9.17, 15) is 61.0 Å². The second-order valence-corrected chi connectivity index (χ2v) is 24.3. The van der Waals surface area contributed by atoms with E-state index in [-0.39, 0.29) is 18.9 Å². The third kappa shape index (κ3) is 30.7. The van der Waals surface area contributed by atoms with Crippen molar-refractivity contribution in [3.8, 4) is 0 Å². The minimum atomic E-state index is -1.97. The Morgan fingerprint density at radius 1 is 0.429 bits per heavy atom. The molecule has 3 rings (SSSR count). The predicted octanol–water partition coefficient (Wildman–Crippen LogP) is 7.88. The molecule has 0 aromatic carbocycles. The number of hydrogen-bond donors (Lipinski definition) is 12. The fraction of sp³-hybridized carbons (Fsp3) is 0.923. The van der Waals surface area contributed by atoms with Crippen LogP contribution in [0.1, 0.15) is 251 Å². The molecule has 0 aromatic rings. The van der Waals surface area contributed by atoms with Gasteiger partial charge in [0.25, 0.3) is 0 Å².